The highest BCUT2D eigenvalue weighted by molar-refractivity contribution is 5.44. The minimum atomic E-state index is 0.662. The van der Waals surface area contributed by atoms with E-state index in [0.717, 1.165) is 12.2 Å². The van der Waals surface area contributed by atoms with Crippen molar-refractivity contribution in [3.63, 3.8) is 0 Å². The molecule has 0 radical (unpaired) electrons. The fraction of sp³-hybridized carbons (Fsp3) is 0.615. The lowest BCUT2D eigenvalue weighted by Gasteiger charge is -2.14. The third kappa shape index (κ3) is 3.89. The van der Waals surface area contributed by atoms with E-state index in [2.05, 4.69) is 15.2 Å². The second-order valence-corrected chi connectivity index (χ2v) is 4.42. The third-order valence-corrected chi connectivity index (χ3v) is 3.12. The molecular weight excluding hydrogens is 214 g/mol. The van der Waals surface area contributed by atoms with Crippen LogP contribution in [0.25, 0.3) is 0 Å². The van der Waals surface area contributed by atoms with Crippen molar-refractivity contribution in [1.29, 1.82) is 0 Å². The average molecular weight is 235 g/mol. The monoisotopic (exact) mass is 235 g/mol. The number of hydrogen-bond acceptors (Lipinski definition) is 4. The molecule has 1 aromatic heterocycles. The standard InChI is InChI=1S/C13H21N3O/c1-17-13-11-12(5-7-15-13)14-6-4-10-16-8-2-3-9-16/h5,7,11H,2-4,6,8-10H2,1H3,(H,14,15). The highest BCUT2D eigenvalue weighted by Gasteiger charge is 2.09. The van der Waals surface area contributed by atoms with Crippen LogP contribution < -0.4 is 10.1 Å². The summed E-state index contributed by atoms with van der Waals surface area (Å²) >= 11 is 0. The van der Waals surface area contributed by atoms with E-state index in [0.29, 0.717) is 5.88 Å². The first-order chi connectivity index (χ1) is 8.38. The van der Waals surface area contributed by atoms with E-state index < -0.39 is 0 Å². The molecule has 1 N–H and O–H groups in total. The maximum atomic E-state index is 5.08. The number of methoxy groups -OCH3 is 1. The van der Waals surface area contributed by atoms with Gasteiger partial charge in [0.15, 0.2) is 0 Å². The molecular formula is C13H21N3O. The molecule has 1 saturated heterocycles. The molecule has 1 aliphatic heterocycles. The number of aromatic nitrogens is 1. The van der Waals surface area contributed by atoms with Crippen LogP contribution in [0.15, 0.2) is 18.3 Å². The molecule has 94 valence electrons. The van der Waals surface area contributed by atoms with Crippen molar-refractivity contribution in [2.24, 2.45) is 0 Å². The summed E-state index contributed by atoms with van der Waals surface area (Å²) < 4.78 is 5.08. The molecule has 0 spiro atoms. The Labute approximate surface area is 103 Å². The molecule has 0 atom stereocenters. The van der Waals surface area contributed by atoms with Gasteiger partial charge in [0.25, 0.3) is 0 Å². The van der Waals surface area contributed by atoms with Gasteiger partial charge in [0.1, 0.15) is 0 Å². The van der Waals surface area contributed by atoms with Crippen molar-refractivity contribution in [1.82, 2.24) is 9.88 Å². The summed E-state index contributed by atoms with van der Waals surface area (Å²) in [5.41, 5.74) is 1.08. The van der Waals surface area contributed by atoms with Gasteiger partial charge < -0.3 is 15.0 Å². The third-order valence-electron chi connectivity index (χ3n) is 3.12. The lowest BCUT2D eigenvalue weighted by Crippen LogP contribution is -2.22. The van der Waals surface area contributed by atoms with Crippen LogP contribution in [-0.4, -0.2) is 43.2 Å². The Kier molecular flexibility index (Phi) is 4.62. The maximum absolute atomic E-state index is 5.08. The number of nitrogens with zero attached hydrogens (tertiary/aromatic N) is 2. The van der Waals surface area contributed by atoms with Gasteiger partial charge in [-0.1, -0.05) is 0 Å². The highest BCUT2D eigenvalue weighted by atomic mass is 16.5. The summed E-state index contributed by atoms with van der Waals surface area (Å²) in [5.74, 6) is 0.662. The first kappa shape index (κ1) is 12.2. The number of anilines is 1. The number of hydrogen-bond donors (Lipinski definition) is 1. The maximum Gasteiger partial charge on any atom is 0.214 e. The van der Waals surface area contributed by atoms with Crippen molar-refractivity contribution in [2.45, 2.75) is 19.3 Å². The Morgan fingerprint density at radius 2 is 2.24 bits per heavy atom. The topological polar surface area (TPSA) is 37.4 Å². The van der Waals surface area contributed by atoms with Crippen LogP contribution in [0.1, 0.15) is 19.3 Å². The zero-order valence-electron chi connectivity index (χ0n) is 10.5. The van der Waals surface area contributed by atoms with E-state index in [-0.39, 0.29) is 0 Å². The van der Waals surface area contributed by atoms with Gasteiger partial charge in [-0.15, -0.1) is 0 Å². The first-order valence-corrected chi connectivity index (χ1v) is 6.35. The van der Waals surface area contributed by atoms with E-state index in [1.807, 2.05) is 12.1 Å². The quantitative estimate of drug-likeness (QED) is 0.765. The second-order valence-electron chi connectivity index (χ2n) is 4.42. The summed E-state index contributed by atoms with van der Waals surface area (Å²) in [6.07, 6.45) is 5.69. The minimum absolute atomic E-state index is 0.662. The lowest BCUT2D eigenvalue weighted by atomic mass is 10.3. The van der Waals surface area contributed by atoms with Crippen molar-refractivity contribution in [2.75, 3.05) is 38.6 Å². The van der Waals surface area contributed by atoms with Gasteiger partial charge in [-0.05, 0) is 45.0 Å². The van der Waals surface area contributed by atoms with Crippen molar-refractivity contribution in [3.05, 3.63) is 18.3 Å². The first-order valence-electron chi connectivity index (χ1n) is 6.35. The van der Waals surface area contributed by atoms with E-state index in [1.165, 1.54) is 38.9 Å². The second kappa shape index (κ2) is 6.45. The number of nitrogens with one attached hydrogen (secondary N) is 1. The van der Waals surface area contributed by atoms with E-state index in [9.17, 15) is 0 Å². The summed E-state index contributed by atoms with van der Waals surface area (Å²) in [7, 11) is 1.64. The molecule has 0 saturated carbocycles. The van der Waals surface area contributed by atoms with Gasteiger partial charge in [-0.25, -0.2) is 4.98 Å². The predicted molar refractivity (Wildman–Crippen MR) is 69.6 cm³/mol. The molecule has 17 heavy (non-hydrogen) atoms. The summed E-state index contributed by atoms with van der Waals surface area (Å²) in [4.78, 5) is 6.62. The molecule has 2 rings (SSSR count). The molecule has 0 aromatic carbocycles. The normalized spacial score (nSPS) is 16.1. The van der Waals surface area contributed by atoms with Gasteiger partial charge in [0, 0.05) is 24.5 Å². The number of rotatable bonds is 6. The van der Waals surface area contributed by atoms with Crippen LogP contribution >= 0.6 is 0 Å². The van der Waals surface area contributed by atoms with Gasteiger partial charge in [0.2, 0.25) is 5.88 Å². The lowest BCUT2D eigenvalue weighted by molar-refractivity contribution is 0.337. The van der Waals surface area contributed by atoms with Crippen molar-refractivity contribution >= 4 is 5.69 Å². The van der Waals surface area contributed by atoms with E-state index in [1.54, 1.807) is 13.3 Å². The smallest absolute Gasteiger partial charge is 0.214 e. The Bertz CT molecular complexity index is 337. The molecule has 2 heterocycles. The summed E-state index contributed by atoms with van der Waals surface area (Å²) in [6, 6.07) is 3.90. The van der Waals surface area contributed by atoms with Gasteiger partial charge in [-0.3, -0.25) is 0 Å². The van der Waals surface area contributed by atoms with E-state index >= 15 is 0 Å². The minimum Gasteiger partial charge on any atom is -0.481 e. The van der Waals surface area contributed by atoms with Crippen LogP contribution in [-0.2, 0) is 0 Å². The number of likely N-dealkylation sites (tertiary alicyclic amines) is 1. The molecule has 4 heteroatoms. The summed E-state index contributed by atoms with van der Waals surface area (Å²) in [6.45, 7) is 4.77. The molecule has 0 unspecified atom stereocenters. The molecule has 0 bridgehead atoms. The van der Waals surface area contributed by atoms with Gasteiger partial charge in [-0.2, -0.15) is 0 Å². The van der Waals surface area contributed by atoms with Crippen molar-refractivity contribution < 1.29 is 4.74 Å². The molecule has 1 aliphatic rings. The van der Waals surface area contributed by atoms with Crippen molar-refractivity contribution in [3.8, 4) is 5.88 Å². The number of pyridine rings is 1. The van der Waals surface area contributed by atoms with Crippen LogP contribution in [0.2, 0.25) is 0 Å². The zero-order chi connectivity index (χ0) is 11.9. The Morgan fingerprint density at radius 3 is 3.00 bits per heavy atom. The average Bonchev–Trinajstić information content (AvgIpc) is 2.88. The molecule has 0 amide bonds. The SMILES string of the molecule is COc1cc(NCCCN2CCCC2)ccn1. The largest absolute Gasteiger partial charge is 0.481 e. The molecule has 4 nitrogen and oxygen atoms in total. The summed E-state index contributed by atoms with van der Waals surface area (Å²) in [5, 5.41) is 3.40. The molecule has 1 aromatic rings. The van der Waals surface area contributed by atoms with Gasteiger partial charge >= 0.3 is 0 Å². The zero-order valence-corrected chi connectivity index (χ0v) is 10.5. The van der Waals surface area contributed by atoms with Crippen LogP contribution in [0.5, 0.6) is 5.88 Å². The Hall–Kier alpha value is -1.29. The van der Waals surface area contributed by atoms with Crippen LogP contribution in [0, 0.1) is 0 Å². The number of ether oxygens (including phenoxy) is 1. The van der Waals surface area contributed by atoms with Crippen LogP contribution in [0.4, 0.5) is 5.69 Å². The fourth-order valence-electron chi connectivity index (χ4n) is 2.17. The fourth-order valence-corrected chi connectivity index (χ4v) is 2.17. The van der Waals surface area contributed by atoms with Crippen LogP contribution in [0.3, 0.4) is 0 Å². The molecule has 1 fully saturated rings. The molecule has 0 aliphatic carbocycles. The predicted octanol–water partition coefficient (Wildman–Crippen LogP) is 1.99. The highest BCUT2D eigenvalue weighted by Crippen LogP contribution is 2.13. The van der Waals surface area contributed by atoms with E-state index in [4.69, 9.17) is 4.74 Å². The van der Waals surface area contributed by atoms with Gasteiger partial charge in [0.05, 0.1) is 7.11 Å². The Morgan fingerprint density at radius 1 is 1.41 bits per heavy atom. The Balaban J connectivity index is 1.66.